The van der Waals surface area contributed by atoms with Gasteiger partial charge in [0, 0.05) is 12.5 Å². The molecule has 2 aliphatic rings. The monoisotopic (exact) mass is 376 g/mol. The van der Waals surface area contributed by atoms with Gasteiger partial charge in [0.1, 0.15) is 34.9 Å². The summed E-state index contributed by atoms with van der Waals surface area (Å²) in [7, 11) is 0. The Balaban J connectivity index is 1.90. The summed E-state index contributed by atoms with van der Waals surface area (Å²) in [5, 5.41) is 5.97. The Morgan fingerprint density at radius 3 is 2.77 bits per heavy atom. The number of nitrogen functional groups attached to an aromatic ring is 1. The summed E-state index contributed by atoms with van der Waals surface area (Å²) in [5.41, 5.74) is 3.77. The maximum absolute atomic E-state index is 13.2. The van der Waals surface area contributed by atoms with Crippen LogP contribution in [0.15, 0.2) is 23.3 Å². The Bertz CT molecular complexity index is 988. The highest BCUT2D eigenvalue weighted by Gasteiger charge is 2.58. The Labute approximate surface area is 153 Å². The molecule has 0 aliphatic carbocycles. The molecule has 26 heavy (non-hydrogen) atoms. The van der Waals surface area contributed by atoms with Crippen LogP contribution in [0.1, 0.15) is 30.8 Å². The van der Waals surface area contributed by atoms with Gasteiger partial charge in [0.15, 0.2) is 5.66 Å². The number of rotatable bonds is 2. The van der Waals surface area contributed by atoms with Gasteiger partial charge in [-0.2, -0.15) is 0 Å². The fourth-order valence-electron chi connectivity index (χ4n) is 3.60. The van der Waals surface area contributed by atoms with Crippen LogP contribution in [0.5, 0.6) is 0 Å². The lowest BCUT2D eigenvalue weighted by Gasteiger charge is -2.37. The van der Waals surface area contributed by atoms with Crippen molar-refractivity contribution in [2.45, 2.75) is 31.5 Å². The molecule has 1 amide bonds. The highest BCUT2D eigenvalue weighted by atomic mass is 35.5. The predicted octanol–water partition coefficient (Wildman–Crippen LogP) is 1.21. The van der Waals surface area contributed by atoms with E-state index in [1.54, 1.807) is 0 Å². The molecule has 0 aromatic carbocycles. The van der Waals surface area contributed by atoms with E-state index in [9.17, 15) is 9.59 Å². The van der Waals surface area contributed by atoms with E-state index in [4.69, 9.17) is 22.1 Å². The standard InChI is InChI=1S/C16H17ClN6O3/c1-15(2)16(3-4-26-15)22-13(24)12-8(17)5-9(14(25)23(12)16)21-11-6-10(18)19-7-20-11/h5-7H,3-4H2,1-2H3,(H,22,24)(H3,18,19,20,21). The highest BCUT2D eigenvalue weighted by molar-refractivity contribution is 6.34. The zero-order chi connectivity index (χ0) is 18.7. The molecule has 1 atom stereocenters. The average Bonchev–Trinajstić information content (AvgIpc) is 3.02. The van der Waals surface area contributed by atoms with Crippen LogP contribution >= 0.6 is 11.6 Å². The number of halogens is 1. The van der Waals surface area contributed by atoms with E-state index in [0.29, 0.717) is 18.8 Å². The number of amides is 1. The molecular formula is C16H17ClN6O3. The van der Waals surface area contributed by atoms with E-state index in [2.05, 4.69) is 20.6 Å². The van der Waals surface area contributed by atoms with Gasteiger partial charge in [-0.3, -0.25) is 14.2 Å². The molecule has 10 heteroatoms. The fourth-order valence-corrected chi connectivity index (χ4v) is 3.88. The van der Waals surface area contributed by atoms with Crippen molar-refractivity contribution in [3.05, 3.63) is 39.5 Å². The average molecular weight is 377 g/mol. The molecule has 2 aromatic heterocycles. The van der Waals surface area contributed by atoms with Crippen LogP contribution < -0.4 is 21.9 Å². The third-order valence-corrected chi connectivity index (χ3v) is 5.23. The largest absolute Gasteiger partial charge is 0.384 e. The van der Waals surface area contributed by atoms with Gasteiger partial charge in [0.05, 0.1) is 11.6 Å². The van der Waals surface area contributed by atoms with Crippen molar-refractivity contribution >= 4 is 34.8 Å². The van der Waals surface area contributed by atoms with E-state index in [0.717, 1.165) is 0 Å². The van der Waals surface area contributed by atoms with Gasteiger partial charge >= 0.3 is 0 Å². The number of nitrogens with two attached hydrogens (primary N) is 1. The van der Waals surface area contributed by atoms with Crippen LogP contribution in [-0.2, 0) is 10.4 Å². The smallest absolute Gasteiger partial charge is 0.277 e. The number of hydrogen-bond acceptors (Lipinski definition) is 7. The second-order valence-corrected chi connectivity index (χ2v) is 7.18. The molecule has 2 aliphatic heterocycles. The van der Waals surface area contributed by atoms with Crippen molar-refractivity contribution in [1.29, 1.82) is 0 Å². The molecule has 4 rings (SSSR count). The van der Waals surface area contributed by atoms with Gasteiger partial charge in [0.25, 0.3) is 11.5 Å². The SMILES string of the molecule is CC1(C)OCCC12NC(=O)c1c(Cl)cc(Nc3cc(N)ncn3)c(=O)n12. The lowest BCUT2D eigenvalue weighted by atomic mass is 9.91. The number of fused-ring (bicyclic) bond motifs is 2. The van der Waals surface area contributed by atoms with Gasteiger partial charge in [-0.15, -0.1) is 0 Å². The number of anilines is 3. The van der Waals surface area contributed by atoms with Crippen molar-refractivity contribution in [2.24, 2.45) is 0 Å². The normalized spacial score (nSPS) is 23.1. The summed E-state index contributed by atoms with van der Waals surface area (Å²) in [5.74, 6) is 0.205. The summed E-state index contributed by atoms with van der Waals surface area (Å²) < 4.78 is 7.18. The molecule has 1 unspecified atom stereocenters. The Hall–Kier alpha value is -2.65. The first-order valence-electron chi connectivity index (χ1n) is 8.02. The lowest BCUT2D eigenvalue weighted by molar-refractivity contribution is -0.0335. The van der Waals surface area contributed by atoms with Crippen LogP contribution in [0, 0.1) is 0 Å². The number of nitrogens with one attached hydrogen (secondary N) is 2. The zero-order valence-electron chi connectivity index (χ0n) is 14.2. The maximum atomic E-state index is 13.2. The first-order valence-corrected chi connectivity index (χ1v) is 8.40. The van der Waals surface area contributed by atoms with Crippen molar-refractivity contribution < 1.29 is 9.53 Å². The fraction of sp³-hybridized carbons (Fsp3) is 0.375. The van der Waals surface area contributed by atoms with Crippen molar-refractivity contribution in [3.63, 3.8) is 0 Å². The Morgan fingerprint density at radius 2 is 2.12 bits per heavy atom. The zero-order valence-corrected chi connectivity index (χ0v) is 14.9. The summed E-state index contributed by atoms with van der Waals surface area (Å²) >= 11 is 6.34. The summed E-state index contributed by atoms with van der Waals surface area (Å²) in [6.45, 7) is 4.08. The van der Waals surface area contributed by atoms with E-state index < -0.39 is 22.7 Å². The Kier molecular flexibility index (Phi) is 3.50. The predicted molar refractivity (Wildman–Crippen MR) is 95.5 cm³/mol. The van der Waals surface area contributed by atoms with E-state index in [-0.39, 0.29) is 22.2 Å². The quantitative estimate of drug-likeness (QED) is 0.719. The van der Waals surface area contributed by atoms with E-state index in [1.807, 2.05) is 13.8 Å². The minimum atomic E-state index is -0.997. The second kappa shape index (κ2) is 5.42. The molecule has 9 nitrogen and oxygen atoms in total. The van der Waals surface area contributed by atoms with Crippen molar-refractivity contribution in [3.8, 4) is 0 Å². The first-order chi connectivity index (χ1) is 12.2. The number of nitrogens with zero attached hydrogens (tertiary/aromatic N) is 3. The number of carbonyl (C=O) groups excluding carboxylic acids is 1. The Morgan fingerprint density at radius 1 is 1.35 bits per heavy atom. The molecule has 4 N–H and O–H groups in total. The van der Waals surface area contributed by atoms with Crippen LogP contribution in [0.3, 0.4) is 0 Å². The molecule has 1 fully saturated rings. The third-order valence-electron chi connectivity index (χ3n) is 4.95. The number of pyridine rings is 1. The molecule has 2 aromatic rings. The lowest BCUT2D eigenvalue weighted by Crippen LogP contribution is -2.58. The summed E-state index contributed by atoms with van der Waals surface area (Å²) in [4.78, 5) is 33.6. The molecule has 4 heterocycles. The van der Waals surface area contributed by atoms with Crippen molar-refractivity contribution in [2.75, 3.05) is 17.7 Å². The van der Waals surface area contributed by atoms with Gasteiger partial charge in [-0.05, 0) is 19.9 Å². The van der Waals surface area contributed by atoms with Gasteiger partial charge in [-0.25, -0.2) is 9.97 Å². The summed E-state index contributed by atoms with van der Waals surface area (Å²) in [6, 6.07) is 2.91. The molecule has 0 saturated carbocycles. The molecule has 1 spiro atoms. The topological polar surface area (TPSA) is 124 Å². The van der Waals surface area contributed by atoms with E-state index >= 15 is 0 Å². The molecular weight excluding hydrogens is 360 g/mol. The van der Waals surface area contributed by atoms with E-state index in [1.165, 1.54) is 23.0 Å². The van der Waals surface area contributed by atoms with Crippen LogP contribution in [-0.4, -0.2) is 32.7 Å². The van der Waals surface area contributed by atoms with Crippen molar-refractivity contribution in [1.82, 2.24) is 19.9 Å². The van der Waals surface area contributed by atoms with Crippen LogP contribution in [0.25, 0.3) is 0 Å². The molecule has 136 valence electrons. The first kappa shape index (κ1) is 16.8. The number of ether oxygens (including phenoxy) is 1. The molecule has 1 saturated heterocycles. The summed E-state index contributed by atoms with van der Waals surface area (Å²) in [6.07, 6.45) is 1.74. The molecule has 0 bridgehead atoms. The van der Waals surface area contributed by atoms with Gasteiger partial charge in [0.2, 0.25) is 0 Å². The number of hydrogen-bond donors (Lipinski definition) is 3. The third kappa shape index (κ3) is 2.20. The minimum absolute atomic E-state index is 0.128. The van der Waals surface area contributed by atoms with Crippen LogP contribution in [0.2, 0.25) is 5.02 Å². The highest BCUT2D eigenvalue weighted by Crippen LogP contribution is 2.44. The molecule has 0 radical (unpaired) electrons. The second-order valence-electron chi connectivity index (χ2n) is 6.77. The van der Waals surface area contributed by atoms with Gasteiger partial charge < -0.3 is 21.1 Å². The minimum Gasteiger partial charge on any atom is -0.384 e. The van der Waals surface area contributed by atoms with Crippen LogP contribution in [0.4, 0.5) is 17.3 Å². The maximum Gasteiger partial charge on any atom is 0.277 e. The number of aromatic nitrogens is 3. The van der Waals surface area contributed by atoms with Gasteiger partial charge in [-0.1, -0.05) is 11.6 Å². The number of carbonyl (C=O) groups is 1.